The van der Waals surface area contributed by atoms with Crippen LogP contribution in [0.1, 0.15) is 22.3 Å². The molecule has 1 nitrogen and oxygen atoms in total. The Hall–Kier alpha value is -7.74. The van der Waals surface area contributed by atoms with Crippen LogP contribution in [0.3, 0.4) is 0 Å². The molecule has 0 aliphatic heterocycles. The van der Waals surface area contributed by atoms with Gasteiger partial charge in [0.1, 0.15) is 0 Å². The minimum atomic E-state index is -0.513. The maximum absolute atomic E-state index is 2.56. The number of hydrogen-bond acceptors (Lipinski definition) is 1. The second-order valence-corrected chi connectivity index (χ2v) is 16.3. The highest BCUT2D eigenvalue weighted by Crippen LogP contribution is 2.67. The van der Waals surface area contributed by atoms with Gasteiger partial charge in [-0.15, -0.1) is 0 Å². The number of fused-ring (bicyclic) bond motifs is 14. The molecular weight excluding hydrogens is 723 g/mol. The molecule has 0 saturated heterocycles. The zero-order valence-electron chi connectivity index (χ0n) is 32.8. The second-order valence-electron chi connectivity index (χ2n) is 16.3. The highest BCUT2D eigenvalue weighted by atomic mass is 15.1. The van der Waals surface area contributed by atoms with Gasteiger partial charge in [0.25, 0.3) is 0 Å². The smallest absolute Gasteiger partial charge is 0.0726 e. The first-order valence-corrected chi connectivity index (χ1v) is 20.9. The molecule has 13 rings (SSSR count). The van der Waals surface area contributed by atoms with E-state index in [4.69, 9.17) is 0 Å². The lowest BCUT2D eigenvalue weighted by Crippen LogP contribution is -2.26. The van der Waals surface area contributed by atoms with Gasteiger partial charge in [-0.05, 0) is 131 Å². The van der Waals surface area contributed by atoms with E-state index in [1.807, 2.05) is 0 Å². The lowest BCUT2D eigenvalue weighted by Gasteiger charge is -2.32. The SMILES string of the molecule is c1ccc(-c2ccc(N(c3cccc(-c4ccccc4)c3)c3cccc4c3-c3ccccc3C43c4ccccc4-c4c3cc3c5c(cccc45)-c4ccccc4-3)cc2)cc1. The quantitative estimate of drug-likeness (QED) is 0.169. The highest BCUT2D eigenvalue weighted by molar-refractivity contribution is 6.21. The minimum Gasteiger partial charge on any atom is -0.310 e. The molecule has 10 aromatic carbocycles. The normalized spacial score (nSPS) is 14.7. The van der Waals surface area contributed by atoms with E-state index in [-0.39, 0.29) is 0 Å². The van der Waals surface area contributed by atoms with Gasteiger partial charge in [-0.2, -0.15) is 0 Å². The largest absolute Gasteiger partial charge is 0.310 e. The van der Waals surface area contributed by atoms with Crippen LogP contribution >= 0.6 is 0 Å². The molecule has 0 radical (unpaired) electrons. The number of rotatable bonds is 5. The molecule has 60 heavy (non-hydrogen) atoms. The summed E-state index contributed by atoms with van der Waals surface area (Å²) in [6.07, 6.45) is 0. The summed E-state index contributed by atoms with van der Waals surface area (Å²) in [6, 6.07) is 83.4. The van der Waals surface area contributed by atoms with Crippen molar-refractivity contribution < 1.29 is 0 Å². The zero-order valence-corrected chi connectivity index (χ0v) is 32.8. The molecule has 0 aromatic heterocycles. The van der Waals surface area contributed by atoms with Crippen molar-refractivity contribution in [1.82, 2.24) is 0 Å². The van der Waals surface area contributed by atoms with E-state index in [0.29, 0.717) is 0 Å². The van der Waals surface area contributed by atoms with Crippen LogP contribution < -0.4 is 4.90 Å². The third kappa shape index (κ3) is 4.47. The van der Waals surface area contributed by atoms with E-state index in [0.717, 1.165) is 11.4 Å². The van der Waals surface area contributed by atoms with Crippen LogP contribution in [0.25, 0.3) is 77.5 Å². The van der Waals surface area contributed by atoms with Gasteiger partial charge < -0.3 is 4.90 Å². The van der Waals surface area contributed by atoms with Crippen molar-refractivity contribution in [3.63, 3.8) is 0 Å². The Labute approximate surface area is 350 Å². The zero-order chi connectivity index (χ0) is 39.4. The van der Waals surface area contributed by atoms with Gasteiger partial charge in [0.05, 0.1) is 11.1 Å². The van der Waals surface area contributed by atoms with Crippen LogP contribution in [0, 0.1) is 0 Å². The van der Waals surface area contributed by atoms with Crippen molar-refractivity contribution in [2.75, 3.05) is 4.90 Å². The number of anilines is 3. The molecule has 3 aliphatic rings. The Morgan fingerprint density at radius 2 is 0.800 bits per heavy atom. The minimum absolute atomic E-state index is 0.513. The number of benzene rings is 10. The van der Waals surface area contributed by atoms with Gasteiger partial charge in [0, 0.05) is 16.9 Å². The summed E-state index contributed by atoms with van der Waals surface area (Å²) in [5.41, 5.74) is 23.6. The van der Waals surface area contributed by atoms with Crippen molar-refractivity contribution in [2.45, 2.75) is 5.41 Å². The van der Waals surface area contributed by atoms with E-state index in [2.05, 4.69) is 229 Å². The van der Waals surface area contributed by atoms with Crippen LogP contribution in [-0.4, -0.2) is 0 Å². The summed E-state index contributed by atoms with van der Waals surface area (Å²) in [5, 5.41) is 2.70. The fourth-order valence-electron chi connectivity index (χ4n) is 11.0. The van der Waals surface area contributed by atoms with Crippen molar-refractivity contribution in [3.05, 3.63) is 247 Å². The molecule has 10 aromatic rings. The van der Waals surface area contributed by atoms with Gasteiger partial charge in [0.15, 0.2) is 0 Å². The topological polar surface area (TPSA) is 3.24 Å². The lowest BCUT2D eigenvalue weighted by atomic mass is 9.70. The Balaban J connectivity index is 1.10. The molecule has 0 saturated carbocycles. The van der Waals surface area contributed by atoms with Gasteiger partial charge in [-0.25, -0.2) is 0 Å². The first kappa shape index (κ1) is 33.3. The van der Waals surface area contributed by atoms with Crippen LogP contribution in [0.4, 0.5) is 17.1 Å². The van der Waals surface area contributed by atoms with Crippen LogP contribution in [-0.2, 0) is 5.41 Å². The molecular formula is C59H37N. The van der Waals surface area contributed by atoms with Crippen LogP contribution in [0.15, 0.2) is 224 Å². The molecule has 1 unspecified atom stereocenters. The van der Waals surface area contributed by atoms with Crippen LogP contribution in [0.2, 0.25) is 0 Å². The fourth-order valence-corrected chi connectivity index (χ4v) is 11.0. The predicted octanol–water partition coefficient (Wildman–Crippen LogP) is 15.6. The maximum Gasteiger partial charge on any atom is 0.0726 e. The highest BCUT2D eigenvalue weighted by Gasteiger charge is 2.53. The molecule has 1 atom stereocenters. The number of hydrogen-bond donors (Lipinski definition) is 0. The summed E-state index contributed by atoms with van der Waals surface area (Å²) < 4.78 is 0. The van der Waals surface area contributed by atoms with Crippen molar-refractivity contribution in [3.8, 4) is 66.8 Å². The molecule has 1 spiro atoms. The lowest BCUT2D eigenvalue weighted by molar-refractivity contribution is 0.794. The Morgan fingerprint density at radius 3 is 1.52 bits per heavy atom. The Bertz CT molecular complexity index is 3360. The third-order valence-electron chi connectivity index (χ3n) is 13.4. The summed E-state index contributed by atoms with van der Waals surface area (Å²) in [4.78, 5) is 2.49. The molecule has 0 heterocycles. The van der Waals surface area contributed by atoms with Gasteiger partial charge in [-0.3, -0.25) is 0 Å². The first-order valence-electron chi connectivity index (χ1n) is 20.9. The first-order chi connectivity index (χ1) is 29.8. The third-order valence-corrected chi connectivity index (χ3v) is 13.4. The molecule has 0 N–H and O–H groups in total. The molecule has 3 aliphatic carbocycles. The molecule has 1 heteroatoms. The maximum atomic E-state index is 2.56. The summed E-state index contributed by atoms with van der Waals surface area (Å²) in [5.74, 6) is 0. The van der Waals surface area contributed by atoms with Gasteiger partial charge in [0.2, 0.25) is 0 Å². The average molecular weight is 760 g/mol. The summed E-state index contributed by atoms with van der Waals surface area (Å²) in [6.45, 7) is 0. The van der Waals surface area contributed by atoms with Crippen molar-refractivity contribution in [1.29, 1.82) is 0 Å². The Kier molecular flexibility index (Phi) is 7.00. The summed E-state index contributed by atoms with van der Waals surface area (Å²) >= 11 is 0. The molecule has 0 amide bonds. The monoisotopic (exact) mass is 759 g/mol. The van der Waals surface area contributed by atoms with E-state index in [1.54, 1.807) is 0 Å². The fraction of sp³-hybridized carbons (Fsp3) is 0.0169. The Morgan fingerprint density at radius 1 is 0.283 bits per heavy atom. The second kappa shape index (κ2) is 12.6. The number of nitrogens with zero attached hydrogens (tertiary/aromatic N) is 1. The van der Waals surface area contributed by atoms with Crippen LogP contribution in [0.5, 0.6) is 0 Å². The summed E-state index contributed by atoms with van der Waals surface area (Å²) in [7, 11) is 0. The van der Waals surface area contributed by atoms with Gasteiger partial charge in [-0.1, -0.05) is 188 Å². The molecule has 0 fully saturated rings. The molecule has 0 bridgehead atoms. The van der Waals surface area contributed by atoms with Gasteiger partial charge >= 0.3 is 0 Å². The van der Waals surface area contributed by atoms with Crippen molar-refractivity contribution >= 4 is 27.8 Å². The van der Waals surface area contributed by atoms with Crippen molar-refractivity contribution in [2.24, 2.45) is 0 Å². The van der Waals surface area contributed by atoms with E-state index < -0.39 is 5.41 Å². The van der Waals surface area contributed by atoms with E-state index >= 15 is 0 Å². The standard InChI is InChI=1S/C59H37N/c1-3-16-38(17-4-1)40-32-34-42(35-33-40)60(43-21-13-20-41(36-43)39-18-5-2-6-19-39)55-31-15-30-53-58(55)48-25-10-12-29-52(48)59(53)51-28-11-9-24-47(51)57-49-27-14-26-46-44-22-7-8-23-45(44)50(56(46)49)37-54(57)59/h1-37H. The molecule has 278 valence electrons. The van der Waals surface area contributed by atoms with E-state index in [9.17, 15) is 0 Å². The average Bonchev–Trinajstić information content (AvgIpc) is 3.93. The predicted molar refractivity (Wildman–Crippen MR) is 250 cm³/mol. The van der Waals surface area contributed by atoms with E-state index in [1.165, 1.54) is 105 Å².